The molecule has 2 N–H and O–H groups in total. The molecule has 0 unspecified atom stereocenters. The second-order valence-corrected chi connectivity index (χ2v) is 8.35. The third kappa shape index (κ3) is 8.33. The number of amides is 2. The zero-order valence-electron chi connectivity index (χ0n) is 21.1. The standard InChI is InChI=1S/C27H27N3O8/c1-17-12-18(2)14-22(13-17)38-20-6-4-19(5-7-20)28-25(31)10-11-27(33)37-16-26(32)29-23-15-21(36-3)8-9-24(23)30(34)35/h4-9,12-15H,10-11,16H2,1-3H3,(H,28,31)(H,29,32). The van der Waals surface area contributed by atoms with Gasteiger partial charge in [-0.25, -0.2) is 0 Å². The van der Waals surface area contributed by atoms with Crippen molar-refractivity contribution in [1.82, 2.24) is 0 Å². The van der Waals surface area contributed by atoms with Crippen LogP contribution in [-0.2, 0) is 19.1 Å². The summed E-state index contributed by atoms with van der Waals surface area (Å²) in [6.07, 6.45) is -0.422. The minimum atomic E-state index is -0.776. The predicted octanol–water partition coefficient (Wildman–Crippen LogP) is 4.91. The predicted molar refractivity (Wildman–Crippen MR) is 140 cm³/mol. The molecule has 0 aliphatic rings. The van der Waals surface area contributed by atoms with E-state index in [2.05, 4.69) is 10.6 Å². The Bertz CT molecular complexity index is 1320. The second kappa shape index (κ2) is 12.9. The van der Waals surface area contributed by atoms with Gasteiger partial charge < -0.3 is 24.8 Å². The summed E-state index contributed by atoms with van der Waals surface area (Å²) < 4.78 is 15.7. The van der Waals surface area contributed by atoms with Crippen molar-refractivity contribution in [2.75, 3.05) is 24.4 Å². The molecule has 0 saturated heterocycles. The van der Waals surface area contributed by atoms with Crippen molar-refractivity contribution < 1.29 is 33.5 Å². The molecular formula is C27H27N3O8. The number of nitro groups is 1. The SMILES string of the molecule is COc1ccc([N+](=O)[O-])c(NC(=O)COC(=O)CCC(=O)Nc2ccc(Oc3cc(C)cc(C)c3)cc2)c1. The van der Waals surface area contributed by atoms with Gasteiger partial charge in [-0.2, -0.15) is 0 Å². The van der Waals surface area contributed by atoms with Crippen molar-refractivity contribution in [3.8, 4) is 17.2 Å². The van der Waals surface area contributed by atoms with Crippen molar-refractivity contribution in [1.29, 1.82) is 0 Å². The fraction of sp³-hybridized carbons (Fsp3) is 0.222. The molecule has 0 aromatic heterocycles. The first-order valence-corrected chi connectivity index (χ1v) is 11.6. The van der Waals surface area contributed by atoms with E-state index in [0.717, 1.165) is 11.1 Å². The Hall–Kier alpha value is -4.93. The number of nitro benzene ring substituents is 1. The molecule has 0 spiro atoms. The third-order valence-electron chi connectivity index (χ3n) is 5.16. The zero-order chi connectivity index (χ0) is 27.7. The molecule has 11 nitrogen and oxygen atoms in total. The number of aryl methyl sites for hydroxylation is 2. The van der Waals surface area contributed by atoms with E-state index < -0.39 is 29.3 Å². The average molecular weight is 522 g/mol. The molecular weight excluding hydrogens is 494 g/mol. The highest BCUT2D eigenvalue weighted by atomic mass is 16.6. The maximum atomic E-state index is 12.2. The number of hydrogen-bond donors (Lipinski definition) is 2. The molecule has 0 fully saturated rings. The molecule has 2 amide bonds. The van der Waals surface area contributed by atoms with Crippen LogP contribution in [0.25, 0.3) is 0 Å². The molecule has 198 valence electrons. The van der Waals surface area contributed by atoms with Gasteiger partial charge in [-0.15, -0.1) is 0 Å². The lowest BCUT2D eigenvalue weighted by Gasteiger charge is -2.10. The number of hydrogen-bond acceptors (Lipinski definition) is 8. The van der Waals surface area contributed by atoms with Crippen LogP contribution in [0.5, 0.6) is 17.2 Å². The maximum Gasteiger partial charge on any atom is 0.306 e. The molecule has 3 aromatic carbocycles. The van der Waals surface area contributed by atoms with E-state index in [1.807, 2.05) is 32.0 Å². The van der Waals surface area contributed by atoms with Crippen LogP contribution in [0.2, 0.25) is 0 Å². The topological polar surface area (TPSA) is 146 Å². The van der Waals surface area contributed by atoms with Crippen LogP contribution < -0.4 is 20.1 Å². The Morgan fingerprint density at radius 3 is 2.11 bits per heavy atom. The first-order chi connectivity index (χ1) is 18.1. The number of nitrogens with one attached hydrogen (secondary N) is 2. The normalized spacial score (nSPS) is 10.3. The number of methoxy groups -OCH3 is 1. The first kappa shape index (κ1) is 27.7. The Morgan fingerprint density at radius 1 is 0.816 bits per heavy atom. The summed E-state index contributed by atoms with van der Waals surface area (Å²) in [4.78, 5) is 46.8. The second-order valence-electron chi connectivity index (χ2n) is 8.35. The highest BCUT2D eigenvalue weighted by Crippen LogP contribution is 2.29. The van der Waals surface area contributed by atoms with Crippen LogP contribution in [0.4, 0.5) is 17.1 Å². The summed E-state index contributed by atoms with van der Waals surface area (Å²) >= 11 is 0. The van der Waals surface area contributed by atoms with Gasteiger partial charge in [0.1, 0.15) is 22.9 Å². The maximum absolute atomic E-state index is 12.2. The summed E-state index contributed by atoms with van der Waals surface area (Å²) in [7, 11) is 1.38. The Labute approximate surface area is 218 Å². The van der Waals surface area contributed by atoms with Gasteiger partial charge in [0.05, 0.1) is 18.5 Å². The van der Waals surface area contributed by atoms with Crippen molar-refractivity contribution in [3.63, 3.8) is 0 Å². The van der Waals surface area contributed by atoms with Gasteiger partial charge in [0, 0.05) is 24.2 Å². The molecule has 0 aliphatic heterocycles. The summed E-state index contributed by atoms with van der Waals surface area (Å²) in [5.41, 5.74) is 2.26. The first-order valence-electron chi connectivity index (χ1n) is 11.6. The van der Waals surface area contributed by atoms with Gasteiger partial charge in [0.25, 0.3) is 11.6 Å². The van der Waals surface area contributed by atoms with Crippen molar-refractivity contribution in [2.24, 2.45) is 0 Å². The van der Waals surface area contributed by atoms with Gasteiger partial charge in [-0.05, 0) is 67.4 Å². The van der Waals surface area contributed by atoms with Crippen molar-refractivity contribution in [2.45, 2.75) is 26.7 Å². The van der Waals surface area contributed by atoms with E-state index in [1.54, 1.807) is 24.3 Å². The Morgan fingerprint density at radius 2 is 1.47 bits per heavy atom. The summed E-state index contributed by atoms with van der Waals surface area (Å²) in [5, 5.41) is 16.1. The molecule has 3 aromatic rings. The largest absolute Gasteiger partial charge is 0.497 e. The molecule has 0 bridgehead atoms. The monoisotopic (exact) mass is 521 g/mol. The number of nitrogens with zero attached hydrogens (tertiary/aromatic N) is 1. The van der Waals surface area contributed by atoms with E-state index in [4.69, 9.17) is 14.2 Å². The minimum Gasteiger partial charge on any atom is -0.497 e. The van der Waals surface area contributed by atoms with Crippen molar-refractivity contribution >= 4 is 34.8 Å². The summed E-state index contributed by atoms with van der Waals surface area (Å²) in [5.74, 6) is -0.337. The molecule has 0 aliphatic carbocycles. The van der Waals surface area contributed by atoms with Gasteiger partial charge in [-0.3, -0.25) is 24.5 Å². The number of carbonyl (C=O) groups excluding carboxylic acids is 3. The minimum absolute atomic E-state index is 0.0970. The number of ether oxygens (including phenoxy) is 3. The van der Waals surface area contributed by atoms with E-state index in [9.17, 15) is 24.5 Å². The quantitative estimate of drug-likeness (QED) is 0.206. The molecule has 0 saturated carbocycles. The lowest BCUT2D eigenvalue weighted by molar-refractivity contribution is -0.383. The lowest BCUT2D eigenvalue weighted by atomic mass is 10.1. The van der Waals surface area contributed by atoms with Gasteiger partial charge >= 0.3 is 5.97 Å². The van der Waals surface area contributed by atoms with Crippen LogP contribution in [-0.4, -0.2) is 36.4 Å². The fourth-order valence-electron chi connectivity index (χ4n) is 3.48. The van der Waals surface area contributed by atoms with Gasteiger partial charge in [0.15, 0.2) is 6.61 Å². The fourth-order valence-corrected chi connectivity index (χ4v) is 3.48. The van der Waals surface area contributed by atoms with Crippen molar-refractivity contribution in [3.05, 3.63) is 81.9 Å². The molecule has 38 heavy (non-hydrogen) atoms. The smallest absolute Gasteiger partial charge is 0.306 e. The van der Waals surface area contributed by atoms with E-state index >= 15 is 0 Å². The molecule has 11 heteroatoms. The summed E-state index contributed by atoms with van der Waals surface area (Å²) in [6.45, 7) is 3.30. The highest BCUT2D eigenvalue weighted by Gasteiger charge is 2.18. The number of anilines is 2. The van der Waals surface area contributed by atoms with E-state index in [-0.39, 0.29) is 24.2 Å². The molecule has 0 atom stereocenters. The lowest BCUT2D eigenvalue weighted by Crippen LogP contribution is -2.22. The van der Waals surface area contributed by atoms with Gasteiger partial charge in [-0.1, -0.05) is 6.07 Å². The van der Waals surface area contributed by atoms with Gasteiger partial charge in [0.2, 0.25) is 5.91 Å². The number of carbonyl (C=O) groups is 3. The summed E-state index contributed by atoms with van der Waals surface area (Å²) in [6, 6.07) is 16.5. The van der Waals surface area contributed by atoms with E-state index in [1.165, 1.54) is 25.3 Å². The van der Waals surface area contributed by atoms with Crippen LogP contribution in [0, 0.1) is 24.0 Å². The van der Waals surface area contributed by atoms with Crippen LogP contribution in [0.3, 0.4) is 0 Å². The number of benzene rings is 3. The molecule has 0 heterocycles. The van der Waals surface area contributed by atoms with E-state index in [0.29, 0.717) is 22.9 Å². The molecule has 0 radical (unpaired) electrons. The molecule has 3 rings (SSSR count). The van der Waals surface area contributed by atoms with Crippen LogP contribution >= 0.6 is 0 Å². The third-order valence-corrected chi connectivity index (χ3v) is 5.16. The van der Waals surface area contributed by atoms with Crippen LogP contribution in [0.15, 0.2) is 60.7 Å². The Kier molecular flexibility index (Phi) is 9.36. The Balaban J connectivity index is 1.42. The van der Waals surface area contributed by atoms with Crippen LogP contribution in [0.1, 0.15) is 24.0 Å². The zero-order valence-corrected chi connectivity index (χ0v) is 21.1. The number of esters is 1. The highest BCUT2D eigenvalue weighted by molar-refractivity contribution is 5.96. The number of rotatable bonds is 11. The average Bonchev–Trinajstić information content (AvgIpc) is 2.86.